The van der Waals surface area contributed by atoms with Gasteiger partial charge in [0, 0.05) is 18.7 Å². The standard InChI is InChI=1S/C13H19NO2.C10H20/c15-11-7-2-1-6-10-14-13(16)12-8-4-3-5-9-12;1-2-7-10-8-5-3-4-6-9-10/h3-5,8-9,15H,1-2,6-7,10-11H2,(H,14,16);10H,2-9H2,1H3. The summed E-state index contributed by atoms with van der Waals surface area (Å²) in [6.45, 7) is 3.28. The van der Waals surface area contributed by atoms with Gasteiger partial charge in [0.05, 0.1) is 0 Å². The number of rotatable bonds is 9. The largest absolute Gasteiger partial charge is 0.396 e. The zero-order valence-electron chi connectivity index (χ0n) is 16.7. The third-order valence-electron chi connectivity index (χ3n) is 5.08. The fraction of sp³-hybridized carbons (Fsp3) is 0.696. The molecule has 148 valence electrons. The molecule has 2 rings (SSSR count). The molecule has 3 heteroatoms. The van der Waals surface area contributed by atoms with Gasteiger partial charge in [0.2, 0.25) is 0 Å². The summed E-state index contributed by atoms with van der Waals surface area (Å²) in [7, 11) is 0. The molecule has 0 aromatic heterocycles. The SMILES string of the molecule is CCCC1CCCCCC1.O=C(NCCCCCCO)c1ccccc1. The second-order valence-electron chi connectivity index (χ2n) is 7.41. The number of aliphatic hydroxyl groups excluding tert-OH is 1. The molecule has 1 aliphatic rings. The Morgan fingerprint density at radius 3 is 2.27 bits per heavy atom. The fourth-order valence-corrected chi connectivity index (χ4v) is 3.54. The number of nitrogens with one attached hydrogen (secondary N) is 1. The van der Waals surface area contributed by atoms with Gasteiger partial charge in [-0.15, -0.1) is 0 Å². The topological polar surface area (TPSA) is 49.3 Å². The average Bonchev–Trinajstić information content (AvgIpc) is 2.95. The summed E-state index contributed by atoms with van der Waals surface area (Å²) in [6, 6.07) is 9.22. The average molecular weight is 362 g/mol. The maximum Gasteiger partial charge on any atom is 0.251 e. The molecule has 1 aliphatic carbocycles. The van der Waals surface area contributed by atoms with Crippen molar-refractivity contribution in [1.29, 1.82) is 0 Å². The lowest BCUT2D eigenvalue weighted by atomic mass is 9.96. The van der Waals surface area contributed by atoms with Crippen molar-refractivity contribution in [2.75, 3.05) is 13.2 Å². The number of hydrogen-bond donors (Lipinski definition) is 2. The lowest BCUT2D eigenvalue weighted by molar-refractivity contribution is 0.0953. The number of carbonyl (C=O) groups excluding carboxylic acids is 1. The van der Waals surface area contributed by atoms with E-state index >= 15 is 0 Å². The lowest BCUT2D eigenvalue weighted by Gasteiger charge is -2.10. The van der Waals surface area contributed by atoms with Crippen molar-refractivity contribution in [3.8, 4) is 0 Å². The molecule has 0 atom stereocenters. The first-order chi connectivity index (χ1) is 12.8. The van der Waals surface area contributed by atoms with Crippen LogP contribution in [0.3, 0.4) is 0 Å². The van der Waals surface area contributed by atoms with E-state index in [0.29, 0.717) is 12.1 Å². The lowest BCUT2D eigenvalue weighted by Crippen LogP contribution is -2.24. The molecule has 1 aromatic rings. The van der Waals surface area contributed by atoms with Gasteiger partial charge >= 0.3 is 0 Å². The Labute approximate surface area is 160 Å². The van der Waals surface area contributed by atoms with Crippen molar-refractivity contribution in [3.05, 3.63) is 35.9 Å². The van der Waals surface area contributed by atoms with Gasteiger partial charge in [-0.25, -0.2) is 0 Å². The van der Waals surface area contributed by atoms with E-state index < -0.39 is 0 Å². The fourth-order valence-electron chi connectivity index (χ4n) is 3.54. The Hall–Kier alpha value is -1.35. The first kappa shape index (κ1) is 22.7. The summed E-state index contributed by atoms with van der Waals surface area (Å²) in [6.07, 6.45) is 15.8. The van der Waals surface area contributed by atoms with Gasteiger partial charge in [0.15, 0.2) is 0 Å². The smallest absolute Gasteiger partial charge is 0.251 e. The second kappa shape index (κ2) is 15.9. The maximum absolute atomic E-state index is 11.6. The normalized spacial score (nSPS) is 14.8. The number of carbonyl (C=O) groups is 1. The molecule has 0 unspecified atom stereocenters. The van der Waals surface area contributed by atoms with Gasteiger partial charge in [-0.2, -0.15) is 0 Å². The molecule has 1 amide bonds. The highest BCUT2D eigenvalue weighted by Gasteiger charge is 2.10. The Morgan fingerprint density at radius 1 is 1.00 bits per heavy atom. The summed E-state index contributed by atoms with van der Waals surface area (Å²) in [5.41, 5.74) is 0.706. The van der Waals surface area contributed by atoms with E-state index in [4.69, 9.17) is 5.11 Å². The van der Waals surface area contributed by atoms with E-state index in [9.17, 15) is 4.79 Å². The minimum Gasteiger partial charge on any atom is -0.396 e. The van der Waals surface area contributed by atoms with Crippen LogP contribution in [0.4, 0.5) is 0 Å². The van der Waals surface area contributed by atoms with Crippen LogP contribution in [0, 0.1) is 5.92 Å². The van der Waals surface area contributed by atoms with Crippen molar-refractivity contribution >= 4 is 5.91 Å². The first-order valence-electron chi connectivity index (χ1n) is 10.7. The number of benzene rings is 1. The van der Waals surface area contributed by atoms with E-state index in [-0.39, 0.29) is 12.5 Å². The molecule has 26 heavy (non-hydrogen) atoms. The predicted octanol–water partition coefficient (Wildman–Crippen LogP) is 5.73. The molecule has 1 fully saturated rings. The zero-order valence-corrected chi connectivity index (χ0v) is 16.7. The van der Waals surface area contributed by atoms with Crippen LogP contribution in [-0.2, 0) is 0 Å². The molecule has 0 radical (unpaired) electrons. The summed E-state index contributed by atoms with van der Waals surface area (Å²) in [5, 5.41) is 11.5. The van der Waals surface area contributed by atoms with Gasteiger partial charge in [-0.3, -0.25) is 4.79 Å². The Balaban J connectivity index is 0.000000289. The minimum absolute atomic E-state index is 0.0113. The highest BCUT2D eigenvalue weighted by molar-refractivity contribution is 5.94. The molecule has 2 N–H and O–H groups in total. The summed E-state index contributed by atoms with van der Waals surface area (Å²) in [5.74, 6) is 1.08. The van der Waals surface area contributed by atoms with Gasteiger partial charge in [0.25, 0.3) is 5.91 Å². The van der Waals surface area contributed by atoms with Crippen molar-refractivity contribution in [1.82, 2.24) is 5.32 Å². The van der Waals surface area contributed by atoms with E-state index in [0.717, 1.165) is 31.6 Å². The third kappa shape index (κ3) is 11.3. The number of hydrogen-bond acceptors (Lipinski definition) is 2. The van der Waals surface area contributed by atoms with Crippen LogP contribution in [0.5, 0.6) is 0 Å². The van der Waals surface area contributed by atoms with Crippen molar-refractivity contribution in [3.63, 3.8) is 0 Å². The van der Waals surface area contributed by atoms with E-state index in [1.807, 2.05) is 18.2 Å². The molecule has 1 saturated carbocycles. The molecule has 3 nitrogen and oxygen atoms in total. The highest BCUT2D eigenvalue weighted by atomic mass is 16.2. The van der Waals surface area contributed by atoms with Crippen molar-refractivity contribution in [2.24, 2.45) is 5.92 Å². The second-order valence-corrected chi connectivity index (χ2v) is 7.41. The van der Waals surface area contributed by atoms with Crippen LogP contribution in [0.2, 0.25) is 0 Å². The predicted molar refractivity (Wildman–Crippen MR) is 110 cm³/mol. The van der Waals surface area contributed by atoms with E-state index in [1.165, 1.54) is 51.4 Å². The Bertz CT molecular complexity index is 439. The van der Waals surface area contributed by atoms with Crippen molar-refractivity contribution < 1.29 is 9.90 Å². The Kier molecular flexibility index (Phi) is 13.8. The Morgan fingerprint density at radius 2 is 1.65 bits per heavy atom. The van der Waals surface area contributed by atoms with Crippen LogP contribution in [0.25, 0.3) is 0 Å². The molecular weight excluding hydrogens is 322 g/mol. The van der Waals surface area contributed by atoms with Crippen LogP contribution in [-0.4, -0.2) is 24.2 Å². The van der Waals surface area contributed by atoms with Crippen LogP contribution in [0.1, 0.15) is 94.3 Å². The molecule has 0 bridgehead atoms. The zero-order chi connectivity index (χ0) is 18.9. The maximum atomic E-state index is 11.6. The first-order valence-corrected chi connectivity index (χ1v) is 10.7. The van der Waals surface area contributed by atoms with Gasteiger partial charge in [-0.1, -0.05) is 89.3 Å². The summed E-state index contributed by atoms with van der Waals surface area (Å²) >= 11 is 0. The van der Waals surface area contributed by atoms with Crippen LogP contribution in [0.15, 0.2) is 30.3 Å². The number of amides is 1. The highest BCUT2D eigenvalue weighted by Crippen LogP contribution is 2.25. The number of aliphatic hydroxyl groups is 1. The van der Waals surface area contributed by atoms with Gasteiger partial charge in [-0.05, 0) is 30.9 Å². The van der Waals surface area contributed by atoms with Gasteiger partial charge in [0.1, 0.15) is 0 Å². The summed E-state index contributed by atoms with van der Waals surface area (Å²) in [4.78, 5) is 11.6. The van der Waals surface area contributed by atoms with Crippen LogP contribution >= 0.6 is 0 Å². The summed E-state index contributed by atoms with van der Waals surface area (Å²) < 4.78 is 0. The van der Waals surface area contributed by atoms with Crippen molar-refractivity contribution in [2.45, 2.75) is 84.0 Å². The van der Waals surface area contributed by atoms with Crippen LogP contribution < -0.4 is 5.32 Å². The molecular formula is C23H39NO2. The van der Waals surface area contributed by atoms with E-state index in [1.54, 1.807) is 12.1 Å². The molecule has 0 heterocycles. The third-order valence-corrected chi connectivity index (χ3v) is 5.08. The van der Waals surface area contributed by atoms with E-state index in [2.05, 4.69) is 12.2 Å². The number of unbranched alkanes of at least 4 members (excludes halogenated alkanes) is 3. The quantitative estimate of drug-likeness (QED) is 0.436. The minimum atomic E-state index is -0.0113. The molecule has 0 aliphatic heterocycles. The molecule has 1 aromatic carbocycles. The van der Waals surface area contributed by atoms with Gasteiger partial charge < -0.3 is 10.4 Å². The molecule has 0 saturated heterocycles. The monoisotopic (exact) mass is 361 g/mol. The molecule has 0 spiro atoms.